The number of hydrogen-bond donors (Lipinski definition) is 0. The van der Waals surface area contributed by atoms with Crippen molar-refractivity contribution in [3.05, 3.63) is 53.1 Å². The van der Waals surface area contributed by atoms with E-state index in [4.69, 9.17) is 16.3 Å². The molecule has 30 heavy (non-hydrogen) atoms. The summed E-state index contributed by atoms with van der Waals surface area (Å²) in [7, 11) is -2.48. The molecule has 2 aromatic rings. The molecule has 0 aromatic heterocycles. The highest BCUT2D eigenvalue weighted by atomic mass is 35.5. The third-order valence-corrected chi connectivity index (χ3v) is 7.40. The van der Waals surface area contributed by atoms with Gasteiger partial charge in [-0.3, -0.25) is 9.10 Å². The van der Waals surface area contributed by atoms with Crippen LogP contribution >= 0.6 is 11.6 Å². The summed E-state index contributed by atoms with van der Waals surface area (Å²) in [4.78, 5) is 14.9. The van der Waals surface area contributed by atoms with Crippen molar-refractivity contribution in [3.8, 4) is 5.75 Å². The third kappa shape index (κ3) is 4.90. The second-order valence-corrected chi connectivity index (χ2v) is 10.0. The number of methoxy groups -OCH3 is 1. The molecule has 0 aliphatic carbocycles. The van der Waals surface area contributed by atoms with Gasteiger partial charge in [-0.2, -0.15) is 0 Å². The molecule has 162 valence electrons. The molecule has 1 fully saturated rings. The number of amides is 1. The number of aryl methyl sites for hydroxylation is 1. The first kappa shape index (κ1) is 22.4. The monoisotopic (exact) mass is 450 g/mol. The molecule has 0 bridgehead atoms. The summed E-state index contributed by atoms with van der Waals surface area (Å²) in [6.07, 6.45) is 2.00. The molecule has 1 atom stereocenters. The zero-order valence-corrected chi connectivity index (χ0v) is 19.0. The molecule has 0 saturated carbocycles. The Morgan fingerprint density at radius 1 is 1.23 bits per heavy atom. The van der Waals surface area contributed by atoms with E-state index in [1.54, 1.807) is 41.3 Å². The van der Waals surface area contributed by atoms with Crippen LogP contribution in [0.2, 0.25) is 5.02 Å². The molecule has 1 heterocycles. The highest BCUT2D eigenvalue weighted by molar-refractivity contribution is 7.92. The Balaban J connectivity index is 1.99. The highest BCUT2D eigenvalue weighted by Crippen LogP contribution is 2.32. The Hall–Kier alpha value is -2.25. The molecule has 0 unspecified atom stereocenters. The van der Waals surface area contributed by atoms with Crippen LogP contribution < -0.4 is 9.04 Å². The van der Waals surface area contributed by atoms with Gasteiger partial charge in [0.05, 0.1) is 22.7 Å². The molecule has 0 N–H and O–H groups in total. The van der Waals surface area contributed by atoms with E-state index in [1.165, 1.54) is 13.2 Å². The number of carbonyl (C=O) groups excluding carboxylic acids is 1. The molecule has 1 aliphatic heterocycles. The van der Waals surface area contributed by atoms with E-state index in [2.05, 4.69) is 6.92 Å². The van der Waals surface area contributed by atoms with Gasteiger partial charge in [-0.15, -0.1) is 0 Å². The number of carbonyl (C=O) groups is 1. The van der Waals surface area contributed by atoms with Gasteiger partial charge in [-0.25, -0.2) is 8.42 Å². The van der Waals surface area contributed by atoms with E-state index in [9.17, 15) is 13.2 Å². The summed E-state index contributed by atoms with van der Waals surface area (Å²) < 4.78 is 33.3. The number of likely N-dealkylation sites (tertiary alicyclic amines) is 1. The van der Waals surface area contributed by atoms with E-state index in [0.717, 1.165) is 22.7 Å². The quantitative estimate of drug-likeness (QED) is 0.664. The van der Waals surface area contributed by atoms with Crippen molar-refractivity contribution in [2.75, 3.05) is 31.0 Å². The number of nitrogens with zero attached hydrogens (tertiary/aromatic N) is 2. The number of piperidine rings is 1. The summed E-state index contributed by atoms with van der Waals surface area (Å²) >= 11 is 6.25. The van der Waals surface area contributed by atoms with Gasteiger partial charge in [-0.05, 0) is 56.0 Å². The Morgan fingerprint density at radius 2 is 1.93 bits per heavy atom. The molecule has 1 aliphatic rings. The minimum Gasteiger partial charge on any atom is -0.495 e. The lowest BCUT2D eigenvalue weighted by atomic mass is 10.0. The fourth-order valence-electron chi connectivity index (χ4n) is 3.60. The standard InChI is InChI=1S/C22H27ClN2O4S/c1-16-6-9-19(10-7-16)30(27,28)25(18-8-11-21(29-3)20(23)13-18)15-22(26)24-12-4-5-17(2)14-24/h6-11,13,17H,4-5,12,14-15H2,1-3H3/t17-/m1/s1. The van der Waals surface area contributed by atoms with Gasteiger partial charge in [0.15, 0.2) is 0 Å². The third-order valence-electron chi connectivity index (χ3n) is 5.32. The zero-order chi connectivity index (χ0) is 21.9. The predicted molar refractivity (Wildman–Crippen MR) is 119 cm³/mol. The van der Waals surface area contributed by atoms with Crippen LogP contribution in [-0.2, 0) is 14.8 Å². The van der Waals surface area contributed by atoms with Crippen molar-refractivity contribution in [1.29, 1.82) is 0 Å². The number of halogens is 1. The Labute approximate surface area is 183 Å². The molecular weight excluding hydrogens is 424 g/mol. The van der Waals surface area contributed by atoms with Crippen molar-refractivity contribution in [1.82, 2.24) is 4.90 Å². The van der Waals surface area contributed by atoms with Crippen LogP contribution in [0.5, 0.6) is 5.75 Å². The number of hydrogen-bond acceptors (Lipinski definition) is 4. The molecular formula is C22H27ClN2O4S. The smallest absolute Gasteiger partial charge is 0.264 e. The first-order chi connectivity index (χ1) is 14.2. The molecule has 0 spiro atoms. The Morgan fingerprint density at radius 3 is 2.53 bits per heavy atom. The molecule has 2 aromatic carbocycles. The van der Waals surface area contributed by atoms with Crippen LogP contribution in [0.3, 0.4) is 0 Å². The Bertz CT molecular complexity index is 1010. The van der Waals surface area contributed by atoms with Crippen LogP contribution in [-0.4, -0.2) is 46.0 Å². The summed E-state index contributed by atoms with van der Waals surface area (Å²) in [5.74, 6) is 0.619. The minimum atomic E-state index is -3.97. The van der Waals surface area contributed by atoms with Crippen LogP contribution in [0, 0.1) is 12.8 Å². The highest BCUT2D eigenvalue weighted by Gasteiger charge is 2.30. The van der Waals surface area contributed by atoms with Crippen LogP contribution in [0.1, 0.15) is 25.3 Å². The maximum atomic E-state index is 13.5. The second-order valence-electron chi connectivity index (χ2n) is 7.73. The lowest BCUT2D eigenvalue weighted by molar-refractivity contribution is -0.131. The van der Waals surface area contributed by atoms with Crippen LogP contribution in [0.25, 0.3) is 0 Å². The van der Waals surface area contributed by atoms with Gasteiger partial charge in [0.25, 0.3) is 10.0 Å². The van der Waals surface area contributed by atoms with Crippen molar-refractivity contribution in [2.24, 2.45) is 5.92 Å². The van der Waals surface area contributed by atoms with E-state index in [-0.39, 0.29) is 22.4 Å². The molecule has 1 saturated heterocycles. The molecule has 1 amide bonds. The van der Waals surface area contributed by atoms with E-state index in [1.807, 2.05) is 6.92 Å². The maximum Gasteiger partial charge on any atom is 0.264 e. The number of ether oxygens (including phenoxy) is 1. The molecule has 3 rings (SSSR count). The lowest BCUT2D eigenvalue weighted by Gasteiger charge is -2.33. The van der Waals surface area contributed by atoms with Crippen molar-refractivity contribution >= 4 is 33.2 Å². The topological polar surface area (TPSA) is 66.9 Å². The number of rotatable bonds is 6. The molecule has 0 radical (unpaired) electrons. The summed E-state index contributed by atoms with van der Waals surface area (Å²) in [5.41, 5.74) is 1.27. The zero-order valence-electron chi connectivity index (χ0n) is 17.5. The minimum absolute atomic E-state index is 0.125. The number of benzene rings is 2. The largest absolute Gasteiger partial charge is 0.495 e. The first-order valence-corrected chi connectivity index (χ1v) is 11.7. The average Bonchev–Trinajstić information content (AvgIpc) is 2.72. The molecule has 8 heteroatoms. The molecule has 6 nitrogen and oxygen atoms in total. The van der Waals surface area contributed by atoms with Crippen LogP contribution in [0.4, 0.5) is 5.69 Å². The summed E-state index contributed by atoms with van der Waals surface area (Å²) in [5, 5.41) is 0.276. The van der Waals surface area contributed by atoms with E-state index >= 15 is 0 Å². The second kappa shape index (κ2) is 9.27. The van der Waals surface area contributed by atoms with Gasteiger partial charge < -0.3 is 9.64 Å². The van der Waals surface area contributed by atoms with Gasteiger partial charge in [0.1, 0.15) is 12.3 Å². The van der Waals surface area contributed by atoms with Crippen molar-refractivity contribution in [3.63, 3.8) is 0 Å². The van der Waals surface area contributed by atoms with E-state index < -0.39 is 10.0 Å². The van der Waals surface area contributed by atoms with Crippen molar-refractivity contribution < 1.29 is 17.9 Å². The SMILES string of the molecule is COc1ccc(N(CC(=O)N2CCC[C@@H](C)C2)S(=O)(=O)c2ccc(C)cc2)cc1Cl. The lowest BCUT2D eigenvalue weighted by Crippen LogP contribution is -2.46. The normalized spacial score (nSPS) is 16.9. The van der Waals surface area contributed by atoms with Gasteiger partial charge in [0, 0.05) is 13.1 Å². The van der Waals surface area contributed by atoms with Crippen molar-refractivity contribution in [2.45, 2.75) is 31.6 Å². The summed E-state index contributed by atoms with van der Waals surface area (Å²) in [6.45, 7) is 4.99. The fourth-order valence-corrected chi connectivity index (χ4v) is 5.26. The first-order valence-electron chi connectivity index (χ1n) is 9.93. The number of anilines is 1. The average molecular weight is 451 g/mol. The Kier molecular flexibility index (Phi) is 6.93. The van der Waals surface area contributed by atoms with Gasteiger partial charge in [-0.1, -0.05) is 36.2 Å². The van der Waals surface area contributed by atoms with Crippen LogP contribution in [0.15, 0.2) is 47.4 Å². The van der Waals surface area contributed by atoms with Gasteiger partial charge >= 0.3 is 0 Å². The van der Waals surface area contributed by atoms with Gasteiger partial charge in [0.2, 0.25) is 5.91 Å². The number of sulfonamides is 1. The van der Waals surface area contributed by atoms with E-state index in [0.29, 0.717) is 30.4 Å². The predicted octanol–water partition coefficient (Wildman–Crippen LogP) is 4.11. The maximum absolute atomic E-state index is 13.5. The summed E-state index contributed by atoms with van der Waals surface area (Å²) in [6, 6.07) is 11.3. The fraction of sp³-hybridized carbons (Fsp3) is 0.409.